The van der Waals surface area contributed by atoms with Gasteiger partial charge in [0.05, 0.1) is 11.3 Å². The van der Waals surface area contributed by atoms with Crippen molar-refractivity contribution in [3.63, 3.8) is 0 Å². The number of nitriles is 1. The minimum Gasteiger partial charge on any atom is -0.235 e. The lowest BCUT2D eigenvalue weighted by Gasteiger charge is -2.01. The minimum absolute atomic E-state index is 0.590. The Balaban J connectivity index is 1.97. The third kappa shape index (κ3) is 4.07. The standard InChI is InChI=1S/C21H17BrN2S/c1-3-15-4-8-17(9-5-15)20-14(2)25-21(24-20)18(13-23)12-16-6-10-19(22)11-7-16/h4-12H,3H2,1-2H3/b18-12-. The summed E-state index contributed by atoms with van der Waals surface area (Å²) in [5, 5.41) is 10.3. The fourth-order valence-corrected chi connectivity index (χ4v) is 3.71. The third-order valence-corrected chi connectivity index (χ3v) is 5.50. The van der Waals surface area contributed by atoms with Crippen LogP contribution < -0.4 is 0 Å². The van der Waals surface area contributed by atoms with E-state index < -0.39 is 0 Å². The zero-order valence-electron chi connectivity index (χ0n) is 14.1. The molecule has 0 amide bonds. The van der Waals surface area contributed by atoms with E-state index in [9.17, 15) is 5.26 Å². The van der Waals surface area contributed by atoms with Crippen molar-refractivity contribution in [1.29, 1.82) is 5.26 Å². The molecule has 1 heterocycles. The SMILES string of the molecule is CCc1ccc(-c2nc(/C(C#N)=C\c3ccc(Br)cc3)sc2C)cc1. The second-order valence-corrected chi connectivity index (χ2v) is 7.81. The van der Waals surface area contributed by atoms with E-state index >= 15 is 0 Å². The topological polar surface area (TPSA) is 36.7 Å². The molecule has 0 spiro atoms. The van der Waals surface area contributed by atoms with Gasteiger partial charge in [-0.05, 0) is 42.7 Å². The van der Waals surface area contributed by atoms with Gasteiger partial charge in [-0.2, -0.15) is 5.26 Å². The van der Waals surface area contributed by atoms with Crippen molar-refractivity contribution < 1.29 is 0 Å². The van der Waals surface area contributed by atoms with E-state index in [2.05, 4.69) is 60.1 Å². The van der Waals surface area contributed by atoms with Crippen LogP contribution in [-0.2, 0) is 6.42 Å². The maximum Gasteiger partial charge on any atom is 0.134 e. The molecule has 2 nitrogen and oxygen atoms in total. The lowest BCUT2D eigenvalue weighted by Crippen LogP contribution is -1.85. The van der Waals surface area contributed by atoms with Gasteiger partial charge in [0.1, 0.15) is 11.1 Å². The highest BCUT2D eigenvalue weighted by Gasteiger charge is 2.13. The molecule has 0 aliphatic heterocycles. The molecular formula is C21H17BrN2S. The molecule has 0 saturated carbocycles. The van der Waals surface area contributed by atoms with E-state index in [0.717, 1.165) is 37.6 Å². The zero-order valence-corrected chi connectivity index (χ0v) is 16.5. The number of aryl methyl sites for hydroxylation is 2. The van der Waals surface area contributed by atoms with Crippen LogP contribution in [0.5, 0.6) is 0 Å². The summed E-state index contributed by atoms with van der Waals surface area (Å²) < 4.78 is 1.02. The van der Waals surface area contributed by atoms with Crippen molar-refractivity contribution in [2.24, 2.45) is 0 Å². The van der Waals surface area contributed by atoms with Crippen LogP contribution in [0, 0.1) is 18.3 Å². The first kappa shape index (κ1) is 17.6. The second-order valence-electron chi connectivity index (χ2n) is 5.70. The number of hydrogen-bond acceptors (Lipinski definition) is 3. The third-order valence-electron chi connectivity index (χ3n) is 3.96. The second kappa shape index (κ2) is 7.77. The quantitative estimate of drug-likeness (QED) is 0.461. The van der Waals surface area contributed by atoms with Crippen LogP contribution in [-0.4, -0.2) is 4.98 Å². The molecule has 0 saturated heterocycles. The van der Waals surface area contributed by atoms with E-state index in [4.69, 9.17) is 4.98 Å². The summed E-state index contributed by atoms with van der Waals surface area (Å²) in [6.07, 6.45) is 2.91. The smallest absolute Gasteiger partial charge is 0.134 e. The van der Waals surface area contributed by atoms with Crippen molar-refractivity contribution in [2.75, 3.05) is 0 Å². The van der Waals surface area contributed by atoms with Gasteiger partial charge >= 0.3 is 0 Å². The summed E-state index contributed by atoms with van der Waals surface area (Å²) >= 11 is 4.99. The largest absolute Gasteiger partial charge is 0.235 e. The van der Waals surface area contributed by atoms with Crippen molar-refractivity contribution in [3.8, 4) is 17.3 Å². The van der Waals surface area contributed by atoms with Gasteiger partial charge in [-0.3, -0.25) is 0 Å². The van der Waals surface area contributed by atoms with Crippen molar-refractivity contribution in [1.82, 2.24) is 4.98 Å². The normalized spacial score (nSPS) is 11.4. The Kier molecular flexibility index (Phi) is 5.47. The molecule has 0 N–H and O–H groups in total. The van der Waals surface area contributed by atoms with E-state index in [0.29, 0.717) is 5.57 Å². The number of nitrogens with zero attached hydrogens (tertiary/aromatic N) is 2. The van der Waals surface area contributed by atoms with Crippen LogP contribution in [0.2, 0.25) is 0 Å². The molecule has 0 aliphatic carbocycles. The first-order valence-corrected chi connectivity index (χ1v) is 9.66. The van der Waals surface area contributed by atoms with Gasteiger partial charge in [0, 0.05) is 14.9 Å². The molecule has 25 heavy (non-hydrogen) atoms. The van der Waals surface area contributed by atoms with E-state index in [1.165, 1.54) is 5.56 Å². The Hall–Kier alpha value is -2.22. The predicted molar refractivity (Wildman–Crippen MR) is 109 cm³/mol. The molecule has 124 valence electrons. The molecule has 4 heteroatoms. The van der Waals surface area contributed by atoms with Crippen LogP contribution in [0.4, 0.5) is 0 Å². The molecule has 0 bridgehead atoms. The molecule has 3 aromatic rings. The number of halogens is 1. The Bertz CT molecular complexity index is 945. The molecule has 0 unspecified atom stereocenters. The highest BCUT2D eigenvalue weighted by atomic mass is 79.9. The van der Waals surface area contributed by atoms with Gasteiger partial charge in [0.2, 0.25) is 0 Å². The Morgan fingerprint density at radius 2 is 1.84 bits per heavy atom. The molecule has 3 rings (SSSR count). The number of hydrogen-bond donors (Lipinski definition) is 0. The van der Waals surface area contributed by atoms with E-state index in [1.54, 1.807) is 11.3 Å². The maximum atomic E-state index is 9.57. The monoisotopic (exact) mass is 408 g/mol. The van der Waals surface area contributed by atoms with Crippen LogP contribution in [0.3, 0.4) is 0 Å². The van der Waals surface area contributed by atoms with Gasteiger partial charge in [-0.1, -0.05) is 59.3 Å². The van der Waals surface area contributed by atoms with Crippen LogP contribution in [0.1, 0.15) is 27.9 Å². The molecule has 2 aromatic carbocycles. The highest BCUT2D eigenvalue weighted by Crippen LogP contribution is 2.32. The number of allylic oxidation sites excluding steroid dienone is 1. The predicted octanol–water partition coefficient (Wildman–Crippen LogP) is 6.51. The van der Waals surface area contributed by atoms with Crippen LogP contribution >= 0.6 is 27.3 Å². The zero-order chi connectivity index (χ0) is 17.8. The van der Waals surface area contributed by atoms with Gasteiger partial charge in [-0.25, -0.2) is 4.98 Å². The fraction of sp³-hybridized carbons (Fsp3) is 0.143. The number of aromatic nitrogens is 1. The number of benzene rings is 2. The lowest BCUT2D eigenvalue weighted by molar-refractivity contribution is 1.14. The average Bonchev–Trinajstić information content (AvgIpc) is 3.03. The minimum atomic E-state index is 0.590. The average molecular weight is 409 g/mol. The van der Waals surface area contributed by atoms with Crippen molar-refractivity contribution >= 4 is 38.9 Å². The molecule has 0 atom stereocenters. The summed E-state index contributed by atoms with van der Waals surface area (Å²) in [5.74, 6) is 0. The summed E-state index contributed by atoms with van der Waals surface area (Å²) in [7, 11) is 0. The Morgan fingerprint density at radius 1 is 1.16 bits per heavy atom. The summed E-state index contributed by atoms with van der Waals surface area (Å²) in [6, 6.07) is 18.7. The number of rotatable bonds is 4. The fourth-order valence-electron chi connectivity index (χ4n) is 2.55. The van der Waals surface area contributed by atoms with Gasteiger partial charge in [0.25, 0.3) is 0 Å². The Morgan fingerprint density at radius 3 is 2.44 bits per heavy atom. The van der Waals surface area contributed by atoms with Crippen molar-refractivity contribution in [2.45, 2.75) is 20.3 Å². The molecular weight excluding hydrogens is 392 g/mol. The van der Waals surface area contributed by atoms with Gasteiger partial charge in [0.15, 0.2) is 0 Å². The summed E-state index contributed by atoms with van der Waals surface area (Å²) in [5.41, 5.74) is 4.94. The maximum absolute atomic E-state index is 9.57. The molecule has 0 radical (unpaired) electrons. The van der Waals surface area contributed by atoms with Gasteiger partial charge < -0.3 is 0 Å². The first-order valence-electron chi connectivity index (χ1n) is 8.05. The summed E-state index contributed by atoms with van der Waals surface area (Å²) in [6.45, 7) is 4.20. The first-order chi connectivity index (χ1) is 12.1. The molecule has 0 aliphatic rings. The van der Waals surface area contributed by atoms with Crippen molar-refractivity contribution in [3.05, 3.63) is 74.0 Å². The van der Waals surface area contributed by atoms with E-state index in [1.807, 2.05) is 30.3 Å². The lowest BCUT2D eigenvalue weighted by atomic mass is 10.1. The number of thiazole rings is 1. The highest BCUT2D eigenvalue weighted by molar-refractivity contribution is 9.10. The van der Waals surface area contributed by atoms with E-state index in [-0.39, 0.29) is 0 Å². The molecule has 0 fully saturated rings. The Labute approximate surface area is 160 Å². The summed E-state index contributed by atoms with van der Waals surface area (Å²) in [4.78, 5) is 5.86. The molecule has 1 aromatic heterocycles. The van der Waals surface area contributed by atoms with Crippen LogP contribution in [0.15, 0.2) is 53.0 Å². The van der Waals surface area contributed by atoms with Crippen LogP contribution in [0.25, 0.3) is 22.9 Å². The van der Waals surface area contributed by atoms with Gasteiger partial charge in [-0.15, -0.1) is 11.3 Å².